The van der Waals surface area contributed by atoms with Crippen LogP contribution in [0.2, 0.25) is 0 Å². The Morgan fingerprint density at radius 3 is 2.50 bits per heavy atom. The average Bonchev–Trinajstić information content (AvgIpc) is 2.37. The van der Waals surface area contributed by atoms with Gasteiger partial charge < -0.3 is 16.2 Å². The maximum absolute atomic E-state index is 6.32. The molecule has 0 fully saturated rings. The minimum Gasteiger partial charge on any atom is -0.496 e. The van der Waals surface area contributed by atoms with Crippen molar-refractivity contribution in [3.63, 3.8) is 0 Å². The molecule has 0 heterocycles. The molecule has 1 aromatic carbocycles. The summed E-state index contributed by atoms with van der Waals surface area (Å²) in [6.45, 7) is 7.06. The van der Waals surface area contributed by atoms with Gasteiger partial charge in [0.1, 0.15) is 5.75 Å². The third-order valence-corrected chi connectivity index (χ3v) is 3.43. The number of hydrogen-bond acceptors (Lipinski definition) is 3. The van der Waals surface area contributed by atoms with E-state index in [1.54, 1.807) is 7.11 Å². The van der Waals surface area contributed by atoms with E-state index in [1.165, 1.54) is 5.56 Å². The predicted octanol–water partition coefficient (Wildman–Crippen LogP) is 2.63. The fourth-order valence-electron chi connectivity index (χ4n) is 2.08. The van der Waals surface area contributed by atoms with E-state index in [4.69, 9.17) is 16.2 Å². The Morgan fingerprint density at radius 1 is 1.33 bits per heavy atom. The monoisotopic (exact) mass is 250 g/mol. The van der Waals surface area contributed by atoms with Crippen molar-refractivity contribution < 1.29 is 4.74 Å². The van der Waals surface area contributed by atoms with Crippen LogP contribution < -0.4 is 16.2 Å². The van der Waals surface area contributed by atoms with Crippen LogP contribution in [-0.4, -0.2) is 13.7 Å². The molecule has 0 saturated carbocycles. The van der Waals surface area contributed by atoms with Crippen LogP contribution in [0.1, 0.15) is 44.4 Å². The van der Waals surface area contributed by atoms with Crippen LogP contribution in [0.25, 0.3) is 0 Å². The van der Waals surface area contributed by atoms with Crippen molar-refractivity contribution >= 4 is 0 Å². The van der Waals surface area contributed by atoms with Gasteiger partial charge in [0.15, 0.2) is 0 Å². The predicted molar refractivity (Wildman–Crippen MR) is 76.8 cm³/mol. The summed E-state index contributed by atoms with van der Waals surface area (Å²) >= 11 is 0. The molecule has 0 radical (unpaired) electrons. The molecule has 0 spiro atoms. The maximum Gasteiger partial charge on any atom is 0.123 e. The lowest BCUT2D eigenvalue weighted by molar-refractivity contribution is 0.312. The zero-order chi connectivity index (χ0) is 13.8. The quantitative estimate of drug-likeness (QED) is 0.816. The topological polar surface area (TPSA) is 61.3 Å². The van der Waals surface area contributed by atoms with Crippen LogP contribution in [-0.2, 0) is 6.42 Å². The van der Waals surface area contributed by atoms with Gasteiger partial charge in [0.2, 0.25) is 0 Å². The summed E-state index contributed by atoms with van der Waals surface area (Å²) in [4.78, 5) is 0. The van der Waals surface area contributed by atoms with Crippen LogP contribution >= 0.6 is 0 Å². The van der Waals surface area contributed by atoms with Gasteiger partial charge in [-0.3, -0.25) is 0 Å². The summed E-state index contributed by atoms with van der Waals surface area (Å²) < 4.78 is 5.40. The second kappa shape index (κ2) is 6.21. The molecule has 0 aliphatic rings. The molecular weight excluding hydrogens is 224 g/mol. The zero-order valence-electron chi connectivity index (χ0n) is 12.0. The Morgan fingerprint density at radius 2 is 2.00 bits per heavy atom. The van der Waals surface area contributed by atoms with E-state index >= 15 is 0 Å². The number of aryl methyl sites for hydroxylation is 1. The molecule has 3 nitrogen and oxygen atoms in total. The van der Waals surface area contributed by atoms with Gasteiger partial charge in [-0.25, -0.2) is 0 Å². The van der Waals surface area contributed by atoms with E-state index in [1.807, 2.05) is 6.07 Å². The Balaban J connectivity index is 2.99. The van der Waals surface area contributed by atoms with E-state index in [0.29, 0.717) is 6.54 Å². The van der Waals surface area contributed by atoms with Crippen LogP contribution in [0.15, 0.2) is 18.2 Å². The highest BCUT2D eigenvalue weighted by Gasteiger charge is 2.22. The normalized spacial score (nSPS) is 13.4. The molecule has 0 bridgehead atoms. The molecule has 3 heteroatoms. The van der Waals surface area contributed by atoms with Gasteiger partial charge >= 0.3 is 0 Å². The highest BCUT2D eigenvalue weighted by Crippen LogP contribution is 2.32. The van der Waals surface area contributed by atoms with Gasteiger partial charge in [0.25, 0.3) is 0 Å². The molecule has 0 saturated heterocycles. The minimum atomic E-state index is -0.0370. The first-order valence-corrected chi connectivity index (χ1v) is 6.56. The summed E-state index contributed by atoms with van der Waals surface area (Å²) in [5.41, 5.74) is 14.5. The maximum atomic E-state index is 6.32. The molecule has 1 atom stereocenters. The Bertz CT molecular complexity index is 388. The summed E-state index contributed by atoms with van der Waals surface area (Å²) in [5.74, 6) is 0.868. The lowest BCUT2D eigenvalue weighted by Gasteiger charge is -2.27. The Kier molecular flexibility index (Phi) is 5.17. The van der Waals surface area contributed by atoms with Crippen molar-refractivity contribution in [3.05, 3.63) is 29.3 Å². The highest BCUT2D eigenvalue weighted by atomic mass is 16.5. The summed E-state index contributed by atoms with van der Waals surface area (Å²) in [6, 6.07) is 6.20. The van der Waals surface area contributed by atoms with Crippen LogP contribution in [0.4, 0.5) is 0 Å². The molecule has 1 aromatic rings. The first-order chi connectivity index (χ1) is 8.43. The second-order valence-corrected chi connectivity index (χ2v) is 5.61. The van der Waals surface area contributed by atoms with E-state index < -0.39 is 0 Å². The van der Waals surface area contributed by atoms with Crippen LogP contribution in [0, 0.1) is 5.41 Å². The number of rotatable bonds is 6. The van der Waals surface area contributed by atoms with E-state index in [9.17, 15) is 0 Å². The van der Waals surface area contributed by atoms with Gasteiger partial charge in [0, 0.05) is 11.6 Å². The second-order valence-electron chi connectivity index (χ2n) is 5.61. The van der Waals surface area contributed by atoms with Crippen molar-refractivity contribution in [2.45, 2.75) is 39.7 Å². The first-order valence-electron chi connectivity index (χ1n) is 6.56. The SMILES string of the molecule is CCc1ccc(OC)c(C(N)CC(C)(C)CN)c1. The zero-order valence-corrected chi connectivity index (χ0v) is 12.0. The third kappa shape index (κ3) is 3.72. The molecule has 0 amide bonds. The first kappa shape index (κ1) is 15.0. The van der Waals surface area contributed by atoms with Gasteiger partial charge in [-0.2, -0.15) is 0 Å². The lowest BCUT2D eigenvalue weighted by atomic mass is 9.83. The molecular formula is C15H26N2O. The summed E-state index contributed by atoms with van der Waals surface area (Å²) in [7, 11) is 1.69. The smallest absolute Gasteiger partial charge is 0.123 e. The van der Waals surface area contributed by atoms with Gasteiger partial charge in [-0.1, -0.05) is 32.9 Å². The Labute approximate surface area is 111 Å². The molecule has 1 unspecified atom stereocenters. The number of ether oxygens (including phenoxy) is 1. The number of hydrogen-bond donors (Lipinski definition) is 2. The number of methoxy groups -OCH3 is 1. The molecule has 18 heavy (non-hydrogen) atoms. The third-order valence-electron chi connectivity index (χ3n) is 3.43. The van der Waals surface area contributed by atoms with E-state index in [2.05, 4.69) is 32.9 Å². The largest absolute Gasteiger partial charge is 0.496 e. The number of nitrogens with two attached hydrogens (primary N) is 2. The molecule has 0 aromatic heterocycles. The van der Waals surface area contributed by atoms with Crippen molar-refractivity contribution in [3.8, 4) is 5.75 Å². The molecule has 0 aliphatic heterocycles. The van der Waals surface area contributed by atoms with Gasteiger partial charge in [-0.15, -0.1) is 0 Å². The molecule has 4 N–H and O–H groups in total. The standard InChI is InChI=1S/C15H26N2O/c1-5-11-6-7-14(18-4)12(8-11)13(17)9-15(2,3)10-16/h6-8,13H,5,9-10,16-17H2,1-4H3. The van der Waals surface area contributed by atoms with E-state index in [-0.39, 0.29) is 11.5 Å². The highest BCUT2D eigenvalue weighted by molar-refractivity contribution is 5.39. The van der Waals surface area contributed by atoms with Crippen molar-refractivity contribution in [2.24, 2.45) is 16.9 Å². The van der Waals surface area contributed by atoms with Crippen LogP contribution in [0.5, 0.6) is 5.75 Å². The van der Waals surface area contributed by atoms with Gasteiger partial charge in [-0.05, 0) is 36.4 Å². The molecule has 0 aliphatic carbocycles. The van der Waals surface area contributed by atoms with Crippen LogP contribution in [0.3, 0.4) is 0 Å². The minimum absolute atomic E-state index is 0.0370. The van der Waals surface area contributed by atoms with Crippen molar-refractivity contribution in [1.82, 2.24) is 0 Å². The lowest BCUT2D eigenvalue weighted by Crippen LogP contribution is -2.28. The summed E-state index contributed by atoms with van der Waals surface area (Å²) in [5, 5.41) is 0. The van der Waals surface area contributed by atoms with Crippen molar-refractivity contribution in [1.29, 1.82) is 0 Å². The Hall–Kier alpha value is -1.06. The van der Waals surface area contributed by atoms with Gasteiger partial charge in [0.05, 0.1) is 7.11 Å². The van der Waals surface area contributed by atoms with Crippen molar-refractivity contribution in [2.75, 3.05) is 13.7 Å². The van der Waals surface area contributed by atoms with E-state index in [0.717, 1.165) is 24.2 Å². The fourth-order valence-corrected chi connectivity index (χ4v) is 2.08. The fraction of sp³-hybridized carbons (Fsp3) is 0.600. The molecule has 1 rings (SSSR count). The summed E-state index contributed by atoms with van der Waals surface area (Å²) in [6.07, 6.45) is 1.86. The molecule has 102 valence electrons. The average molecular weight is 250 g/mol. The number of benzene rings is 1.